The average molecular weight is 273 g/mol. The quantitative estimate of drug-likeness (QED) is 0.859. The van der Waals surface area contributed by atoms with Crippen LogP contribution in [0.4, 0.5) is 0 Å². The molecular formula is C14H15N3O3. The highest BCUT2D eigenvalue weighted by atomic mass is 16.5. The number of likely N-dealkylation sites (tertiary alicyclic amines) is 1. The van der Waals surface area contributed by atoms with Crippen molar-refractivity contribution in [3.63, 3.8) is 0 Å². The third-order valence-electron chi connectivity index (χ3n) is 3.96. The van der Waals surface area contributed by atoms with Crippen LogP contribution >= 0.6 is 0 Å². The van der Waals surface area contributed by atoms with E-state index in [1.807, 2.05) is 4.90 Å². The first-order valence-corrected chi connectivity index (χ1v) is 6.99. The second-order valence-corrected chi connectivity index (χ2v) is 5.43. The predicted octanol–water partition coefficient (Wildman–Crippen LogP) is 2.52. The standard InChI is InChI=1S/C14H15N3O3/c18-14(10-5-7-19-8-10)17-6-1-2-11(17)12-15-13(20-16-12)9-3-4-9/h5,7-9,11H,1-4,6H2/t11-/m0/s1. The lowest BCUT2D eigenvalue weighted by Crippen LogP contribution is -2.30. The largest absolute Gasteiger partial charge is 0.472 e. The van der Waals surface area contributed by atoms with Crippen LogP contribution in [0.3, 0.4) is 0 Å². The number of carbonyl (C=O) groups is 1. The summed E-state index contributed by atoms with van der Waals surface area (Å²) in [6.07, 6.45) is 7.09. The summed E-state index contributed by atoms with van der Waals surface area (Å²) in [5, 5.41) is 4.07. The van der Waals surface area contributed by atoms with Crippen LogP contribution in [-0.4, -0.2) is 27.5 Å². The molecule has 2 aromatic rings. The lowest BCUT2D eigenvalue weighted by molar-refractivity contribution is 0.0727. The van der Waals surface area contributed by atoms with Gasteiger partial charge in [-0.25, -0.2) is 0 Å². The lowest BCUT2D eigenvalue weighted by atomic mass is 10.2. The van der Waals surface area contributed by atoms with Gasteiger partial charge in [0.1, 0.15) is 6.26 Å². The van der Waals surface area contributed by atoms with E-state index in [9.17, 15) is 4.79 Å². The fourth-order valence-electron chi connectivity index (χ4n) is 2.71. The Bertz CT molecular complexity index is 615. The Morgan fingerprint density at radius 1 is 1.35 bits per heavy atom. The maximum atomic E-state index is 12.4. The summed E-state index contributed by atoms with van der Waals surface area (Å²) in [5.74, 6) is 1.78. The normalized spacial score (nSPS) is 22.4. The van der Waals surface area contributed by atoms with Gasteiger partial charge in [0.2, 0.25) is 5.89 Å². The molecule has 20 heavy (non-hydrogen) atoms. The lowest BCUT2D eigenvalue weighted by Gasteiger charge is -2.21. The molecule has 2 fully saturated rings. The van der Waals surface area contributed by atoms with Crippen molar-refractivity contribution >= 4 is 5.91 Å². The summed E-state index contributed by atoms with van der Waals surface area (Å²) in [7, 11) is 0. The molecule has 2 aliphatic rings. The molecule has 0 aromatic carbocycles. The maximum absolute atomic E-state index is 12.4. The maximum Gasteiger partial charge on any atom is 0.257 e. The van der Waals surface area contributed by atoms with Gasteiger partial charge in [0.25, 0.3) is 5.91 Å². The van der Waals surface area contributed by atoms with Crippen LogP contribution in [0.25, 0.3) is 0 Å². The van der Waals surface area contributed by atoms with Crippen molar-refractivity contribution in [2.24, 2.45) is 0 Å². The van der Waals surface area contributed by atoms with E-state index in [-0.39, 0.29) is 11.9 Å². The van der Waals surface area contributed by atoms with Gasteiger partial charge < -0.3 is 13.8 Å². The van der Waals surface area contributed by atoms with Crippen LogP contribution in [0, 0.1) is 0 Å². The molecule has 6 heteroatoms. The highest BCUT2D eigenvalue weighted by molar-refractivity contribution is 5.94. The molecule has 0 bridgehead atoms. The molecule has 1 atom stereocenters. The number of rotatable bonds is 3. The molecule has 0 unspecified atom stereocenters. The second kappa shape index (κ2) is 4.47. The van der Waals surface area contributed by atoms with E-state index in [2.05, 4.69) is 10.1 Å². The molecule has 1 saturated carbocycles. The Kier molecular flexibility index (Phi) is 2.61. The number of amides is 1. The highest BCUT2D eigenvalue weighted by Gasteiger charge is 2.36. The number of furan rings is 1. The molecular weight excluding hydrogens is 258 g/mol. The van der Waals surface area contributed by atoms with Gasteiger partial charge in [-0.05, 0) is 31.7 Å². The molecule has 1 amide bonds. The van der Waals surface area contributed by atoms with Gasteiger partial charge in [0.15, 0.2) is 5.82 Å². The number of aromatic nitrogens is 2. The molecule has 1 aliphatic carbocycles. The summed E-state index contributed by atoms with van der Waals surface area (Å²) in [4.78, 5) is 18.7. The Hall–Kier alpha value is -2.11. The minimum Gasteiger partial charge on any atom is -0.472 e. The number of hydrogen-bond acceptors (Lipinski definition) is 5. The van der Waals surface area contributed by atoms with E-state index in [1.165, 1.54) is 12.5 Å². The van der Waals surface area contributed by atoms with E-state index in [0.717, 1.165) is 38.1 Å². The topological polar surface area (TPSA) is 72.4 Å². The van der Waals surface area contributed by atoms with Crippen LogP contribution in [0.5, 0.6) is 0 Å². The molecule has 4 rings (SSSR count). The molecule has 0 radical (unpaired) electrons. The summed E-state index contributed by atoms with van der Waals surface area (Å²) < 4.78 is 10.3. The van der Waals surface area contributed by atoms with E-state index >= 15 is 0 Å². The van der Waals surface area contributed by atoms with Crippen LogP contribution in [0.2, 0.25) is 0 Å². The highest BCUT2D eigenvalue weighted by Crippen LogP contribution is 2.40. The minimum atomic E-state index is -0.0753. The van der Waals surface area contributed by atoms with Crippen molar-refractivity contribution in [1.82, 2.24) is 15.0 Å². The third-order valence-corrected chi connectivity index (χ3v) is 3.96. The SMILES string of the molecule is O=C(c1ccoc1)N1CCC[C@H]1c1noc(C2CC2)n1. The van der Waals surface area contributed by atoms with Crippen molar-refractivity contribution in [3.05, 3.63) is 35.9 Å². The Balaban J connectivity index is 1.58. The van der Waals surface area contributed by atoms with Gasteiger partial charge in [-0.1, -0.05) is 5.16 Å². The third kappa shape index (κ3) is 1.92. The molecule has 104 valence electrons. The van der Waals surface area contributed by atoms with Gasteiger partial charge in [-0.3, -0.25) is 4.79 Å². The van der Waals surface area contributed by atoms with Crippen LogP contribution in [0.15, 0.2) is 27.5 Å². The molecule has 6 nitrogen and oxygen atoms in total. The van der Waals surface area contributed by atoms with Crippen molar-refractivity contribution in [2.45, 2.75) is 37.6 Å². The summed E-state index contributed by atoms with van der Waals surface area (Å²) in [6.45, 7) is 0.724. The van der Waals surface area contributed by atoms with E-state index < -0.39 is 0 Å². The van der Waals surface area contributed by atoms with Gasteiger partial charge in [-0.15, -0.1) is 0 Å². The monoisotopic (exact) mass is 273 g/mol. The first kappa shape index (κ1) is 11.7. The zero-order valence-electron chi connectivity index (χ0n) is 11.0. The summed E-state index contributed by atoms with van der Waals surface area (Å²) in [6, 6.07) is 1.61. The van der Waals surface area contributed by atoms with E-state index in [4.69, 9.17) is 8.94 Å². The van der Waals surface area contributed by atoms with Crippen LogP contribution in [-0.2, 0) is 0 Å². The van der Waals surface area contributed by atoms with Crippen LogP contribution < -0.4 is 0 Å². The smallest absolute Gasteiger partial charge is 0.257 e. The summed E-state index contributed by atoms with van der Waals surface area (Å²) >= 11 is 0. The Labute approximate surface area is 115 Å². The summed E-state index contributed by atoms with van der Waals surface area (Å²) in [5.41, 5.74) is 0.572. The van der Waals surface area contributed by atoms with Gasteiger partial charge >= 0.3 is 0 Å². The Morgan fingerprint density at radius 3 is 3.00 bits per heavy atom. The Morgan fingerprint density at radius 2 is 2.25 bits per heavy atom. The molecule has 1 saturated heterocycles. The van der Waals surface area contributed by atoms with Crippen molar-refractivity contribution in [2.75, 3.05) is 6.54 Å². The molecule has 2 aromatic heterocycles. The first-order valence-electron chi connectivity index (χ1n) is 6.99. The van der Waals surface area contributed by atoms with Crippen LogP contribution in [0.1, 0.15) is 59.7 Å². The number of nitrogens with zero attached hydrogens (tertiary/aromatic N) is 3. The number of carbonyl (C=O) groups excluding carboxylic acids is 1. The zero-order chi connectivity index (χ0) is 13.5. The van der Waals surface area contributed by atoms with Crippen molar-refractivity contribution in [1.29, 1.82) is 0 Å². The fourth-order valence-corrected chi connectivity index (χ4v) is 2.71. The molecule has 0 N–H and O–H groups in total. The molecule has 3 heterocycles. The van der Waals surface area contributed by atoms with E-state index in [0.29, 0.717) is 17.3 Å². The average Bonchev–Trinajstić information content (AvgIpc) is 2.97. The second-order valence-electron chi connectivity index (χ2n) is 5.43. The molecule has 0 spiro atoms. The first-order chi connectivity index (χ1) is 9.83. The fraction of sp³-hybridized carbons (Fsp3) is 0.500. The van der Waals surface area contributed by atoms with Gasteiger partial charge in [0.05, 0.1) is 17.9 Å². The van der Waals surface area contributed by atoms with Gasteiger partial charge in [-0.2, -0.15) is 4.98 Å². The molecule has 1 aliphatic heterocycles. The predicted molar refractivity (Wildman–Crippen MR) is 68.0 cm³/mol. The minimum absolute atomic E-state index is 0.0287. The van der Waals surface area contributed by atoms with E-state index in [1.54, 1.807) is 6.07 Å². The van der Waals surface area contributed by atoms with Crippen molar-refractivity contribution in [3.8, 4) is 0 Å². The van der Waals surface area contributed by atoms with Gasteiger partial charge in [0, 0.05) is 12.5 Å². The number of hydrogen-bond donors (Lipinski definition) is 0. The van der Waals surface area contributed by atoms with Crippen molar-refractivity contribution < 1.29 is 13.7 Å². The zero-order valence-corrected chi connectivity index (χ0v) is 11.0.